The highest BCUT2D eigenvalue weighted by atomic mass is 79.9. The molecular formula is C17H17Br2N. The first-order valence-electron chi connectivity index (χ1n) is 6.95. The third kappa shape index (κ3) is 2.79. The van der Waals surface area contributed by atoms with Gasteiger partial charge in [0.25, 0.3) is 0 Å². The van der Waals surface area contributed by atoms with Crippen molar-refractivity contribution in [1.82, 2.24) is 0 Å². The van der Waals surface area contributed by atoms with Crippen molar-refractivity contribution in [2.45, 2.75) is 31.7 Å². The number of benzene rings is 2. The summed E-state index contributed by atoms with van der Waals surface area (Å²) >= 11 is 7.13. The highest BCUT2D eigenvalue weighted by Crippen LogP contribution is 2.40. The van der Waals surface area contributed by atoms with Crippen molar-refractivity contribution in [3.05, 3.63) is 62.5 Å². The zero-order valence-corrected chi connectivity index (χ0v) is 14.5. The van der Waals surface area contributed by atoms with Crippen LogP contribution in [0.25, 0.3) is 0 Å². The summed E-state index contributed by atoms with van der Waals surface area (Å²) in [7, 11) is 0. The molecule has 3 rings (SSSR count). The van der Waals surface area contributed by atoms with Crippen molar-refractivity contribution in [2.24, 2.45) is 0 Å². The minimum absolute atomic E-state index is 0.403. The van der Waals surface area contributed by atoms with Crippen molar-refractivity contribution in [3.8, 4) is 0 Å². The van der Waals surface area contributed by atoms with Crippen LogP contribution in [0.2, 0.25) is 0 Å². The smallest absolute Gasteiger partial charge is 0.0517 e. The number of anilines is 1. The fraction of sp³-hybridized carbons (Fsp3) is 0.294. The highest BCUT2D eigenvalue weighted by molar-refractivity contribution is 9.11. The second-order valence-corrected chi connectivity index (χ2v) is 7.20. The average Bonchev–Trinajstić information content (AvgIpc) is 2.45. The Balaban J connectivity index is 1.90. The molecule has 0 aliphatic heterocycles. The molecule has 1 aliphatic carbocycles. The number of nitrogens with one attached hydrogen (secondary N) is 1. The van der Waals surface area contributed by atoms with Crippen LogP contribution in [0.3, 0.4) is 0 Å². The molecule has 0 bridgehead atoms. The first kappa shape index (κ1) is 14.2. The topological polar surface area (TPSA) is 12.0 Å². The molecule has 0 fully saturated rings. The van der Waals surface area contributed by atoms with Crippen LogP contribution in [0.1, 0.15) is 42.9 Å². The maximum atomic E-state index is 3.69. The van der Waals surface area contributed by atoms with Gasteiger partial charge in [-0.1, -0.05) is 47.1 Å². The van der Waals surface area contributed by atoms with Gasteiger partial charge in [0.2, 0.25) is 0 Å². The normalized spacial score (nSPS) is 21.4. The predicted molar refractivity (Wildman–Crippen MR) is 92.3 cm³/mol. The minimum Gasteiger partial charge on any atom is -0.377 e. The summed E-state index contributed by atoms with van der Waals surface area (Å²) in [4.78, 5) is 0. The van der Waals surface area contributed by atoms with Crippen LogP contribution in [0.5, 0.6) is 0 Å². The molecule has 0 amide bonds. The van der Waals surface area contributed by atoms with Gasteiger partial charge in [-0.2, -0.15) is 0 Å². The number of halogens is 2. The number of hydrogen-bond donors (Lipinski definition) is 1. The third-order valence-electron chi connectivity index (χ3n) is 4.05. The lowest BCUT2D eigenvalue weighted by Gasteiger charge is -2.31. The second-order valence-electron chi connectivity index (χ2n) is 5.43. The van der Waals surface area contributed by atoms with Gasteiger partial charge in [0.1, 0.15) is 0 Å². The minimum atomic E-state index is 0.403. The summed E-state index contributed by atoms with van der Waals surface area (Å²) < 4.78 is 2.19. The van der Waals surface area contributed by atoms with E-state index >= 15 is 0 Å². The van der Waals surface area contributed by atoms with Crippen LogP contribution in [-0.4, -0.2) is 0 Å². The van der Waals surface area contributed by atoms with E-state index in [0.717, 1.165) is 14.6 Å². The van der Waals surface area contributed by atoms with E-state index in [9.17, 15) is 0 Å². The zero-order valence-electron chi connectivity index (χ0n) is 11.4. The third-order valence-corrected chi connectivity index (χ3v) is 5.20. The van der Waals surface area contributed by atoms with Crippen molar-refractivity contribution < 1.29 is 0 Å². The van der Waals surface area contributed by atoms with Crippen molar-refractivity contribution >= 4 is 37.5 Å². The first-order chi connectivity index (χ1) is 9.65. The maximum absolute atomic E-state index is 3.69. The molecule has 2 aromatic carbocycles. The number of rotatable bonds is 2. The van der Waals surface area contributed by atoms with Gasteiger partial charge in [-0.15, -0.1) is 0 Å². The number of fused-ring (bicyclic) bond motifs is 1. The van der Waals surface area contributed by atoms with Gasteiger partial charge >= 0.3 is 0 Å². The Morgan fingerprint density at radius 3 is 2.50 bits per heavy atom. The molecule has 0 radical (unpaired) electrons. The van der Waals surface area contributed by atoms with Crippen LogP contribution >= 0.6 is 31.9 Å². The quantitative estimate of drug-likeness (QED) is 0.633. The van der Waals surface area contributed by atoms with E-state index in [1.54, 1.807) is 0 Å². The molecule has 104 valence electrons. The Bertz CT molecular complexity index is 624. The molecule has 2 aromatic rings. The van der Waals surface area contributed by atoms with Crippen LogP contribution in [0.4, 0.5) is 5.69 Å². The van der Waals surface area contributed by atoms with E-state index < -0.39 is 0 Å². The molecule has 2 unspecified atom stereocenters. The summed E-state index contributed by atoms with van der Waals surface area (Å²) in [5.41, 5.74) is 4.09. The van der Waals surface area contributed by atoms with Crippen LogP contribution < -0.4 is 5.32 Å². The molecule has 0 spiro atoms. The molecule has 1 aliphatic rings. The zero-order chi connectivity index (χ0) is 14.1. The van der Waals surface area contributed by atoms with Gasteiger partial charge in [-0.3, -0.25) is 0 Å². The Hall–Kier alpha value is -0.800. The fourth-order valence-electron chi connectivity index (χ4n) is 2.95. The molecule has 2 atom stereocenters. The van der Waals surface area contributed by atoms with Crippen molar-refractivity contribution in [1.29, 1.82) is 0 Å². The number of hydrogen-bond acceptors (Lipinski definition) is 1. The molecule has 1 nitrogen and oxygen atoms in total. The van der Waals surface area contributed by atoms with E-state index in [-0.39, 0.29) is 0 Å². The van der Waals surface area contributed by atoms with Gasteiger partial charge in [-0.05, 0) is 64.0 Å². The summed E-state index contributed by atoms with van der Waals surface area (Å²) in [5.74, 6) is 0.664. The first-order valence-corrected chi connectivity index (χ1v) is 8.54. The van der Waals surface area contributed by atoms with Gasteiger partial charge < -0.3 is 5.32 Å². The van der Waals surface area contributed by atoms with E-state index in [1.807, 2.05) is 0 Å². The lowest BCUT2D eigenvalue weighted by atomic mass is 9.81. The molecule has 1 N–H and O–H groups in total. The molecule has 20 heavy (non-hydrogen) atoms. The lowest BCUT2D eigenvalue weighted by Crippen LogP contribution is -2.19. The van der Waals surface area contributed by atoms with Crippen LogP contribution in [0, 0.1) is 0 Å². The average molecular weight is 395 g/mol. The lowest BCUT2D eigenvalue weighted by molar-refractivity contribution is 0.534. The molecule has 0 heterocycles. The fourth-order valence-corrected chi connectivity index (χ4v) is 4.11. The summed E-state index contributed by atoms with van der Waals surface area (Å²) in [6.45, 7) is 2.32. The van der Waals surface area contributed by atoms with Crippen LogP contribution in [-0.2, 0) is 0 Å². The maximum Gasteiger partial charge on any atom is 0.0517 e. The highest BCUT2D eigenvalue weighted by Gasteiger charge is 2.24. The SMILES string of the molecule is CC1CCC(Nc2ccc(Br)cc2Br)c2ccccc21. The van der Waals surface area contributed by atoms with Crippen molar-refractivity contribution in [2.75, 3.05) is 5.32 Å². The van der Waals surface area contributed by atoms with E-state index in [1.165, 1.54) is 24.0 Å². The monoisotopic (exact) mass is 393 g/mol. The molecule has 0 saturated carbocycles. The Morgan fingerprint density at radius 2 is 1.75 bits per heavy atom. The van der Waals surface area contributed by atoms with Gasteiger partial charge in [-0.25, -0.2) is 0 Å². The second kappa shape index (κ2) is 5.90. The van der Waals surface area contributed by atoms with Crippen LogP contribution in [0.15, 0.2) is 51.4 Å². The van der Waals surface area contributed by atoms with E-state index in [0.29, 0.717) is 12.0 Å². The standard InChI is InChI=1S/C17H17Br2N/c1-11-6-8-16(14-5-3-2-4-13(11)14)20-17-9-7-12(18)10-15(17)19/h2-5,7,9-11,16,20H,6,8H2,1H3. The van der Waals surface area contributed by atoms with Crippen molar-refractivity contribution in [3.63, 3.8) is 0 Å². The molecule has 3 heteroatoms. The molecular weight excluding hydrogens is 378 g/mol. The predicted octanol–water partition coefficient (Wildman–Crippen LogP) is 6.26. The summed E-state index contributed by atoms with van der Waals surface area (Å²) in [5, 5.41) is 3.69. The van der Waals surface area contributed by atoms with E-state index in [4.69, 9.17) is 0 Å². The summed E-state index contributed by atoms with van der Waals surface area (Å²) in [6, 6.07) is 15.5. The summed E-state index contributed by atoms with van der Waals surface area (Å²) in [6.07, 6.45) is 2.42. The van der Waals surface area contributed by atoms with E-state index in [2.05, 4.69) is 86.6 Å². The Kier molecular flexibility index (Phi) is 4.18. The van der Waals surface area contributed by atoms with Gasteiger partial charge in [0.05, 0.1) is 6.04 Å². The van der Waals surface area contributed by atoms with Gasteiger partial charge in [0, 0.05) is 14.6 Å². The Labute approximate surface area is 137 Å². The molecule has 0 aromatic heterocycles. The Morgan fingerprint density at radius 1 is 1.00 bits per heavy atom. The molecule has 0 saturated heterocycles. The van der Waals surface area contributed by atoms with Gasteiger partial charge in [0.15, 0.2) is 0 Å². The largest absolute Gasteiger partial charge is 0.377 e.